The normalized spacial score (nSPS) is 12.4. The molecule has 0 fully saturated rings. The van der Waals surface area contributed by atoms with Crippen molar-refractivity contribution in [2.24, 2.45) is 0 Å². The minimum atomic E-state index is -3.34. The first-order valence-corrected chi connectivity index (χ1v) is 8.11. The van der Waals surface area contributed by atoms with E-state index in [1.54, 1.807) is 13.8 Å². The van der Waals surface area contributed by atoms with E-state index in [4.69, 9.17) is 5.11 Å². The van der Waals surface area contributed by atoms with Crippen molar-refractivity contribution in [3.63, 3.8) is 0 Å². The van der Waals surface area contributed by atoms with Gasteiger partial charge in [-0.1, -0.05) is 0 Å². The van der Waals surface area contributed by atoms with E-state index in [2.05, 4.69) is 10.0 Å². The average molecular weight is 318 g/mol. The Labute approximate surface area is 123 Å². The molecule has 0 saturated heterocycles. The van der Waals surface area contributed by atoms with Crippen LogP contribution in [-0.2, 0) is 16.6 Å². The minimum absolute atomic E-state index is 0.00159. The molecule has 1 aromatic carbocycles. The number of aromatic carboxylic acids is 1. The Morgan fingerprint density at radius 3 is 2.52 bits per heavy atom. The van der Waals surface area contributed by atoms with Crippen LogP contribution in [-0.4, -0.2) is 37.8 Å². The van der Waals surface area contributed by atoms with E-state index in [9.17, 15) is 17.6 Å². The lowest BCUT2D eigenvalue weighted by molar-refractivity contribution is 0.0696. The highest BCUT2D eigenvalue weighted by atomic mass is 32.2. The number of benzene rings is 1. The summed E-state index contributed by atoms with van der Waals surface area (Å²) < 4.78 is 38.4. The van der Waals surface area contributed by atoms with Crippen LogP contribution in [0.25, 0.3) is 0 Å². The van der Waals surface area contributed by atoms with Crippen molar-refractivity contribution in [2.45, 2.75) is 25.9 Å². The summed E-state index contributed by atoms with van der Waals surface area (Å²) in [5.41, 5.74) is -0.527. The van der Waals surface area contributed by atoms with Gasteiger partial charge in [0.2, 0.25) is 10.0 Å². The lowest BCUT2D eigenvalue weighted by Gasteiger charge is -2.25. The lowest BCUT2D eigenvalue weighted by Crippen LogP contribution is -2.49. The summed E-state index contributed by atoms with van der Waals surface area (Å²) in [7, 11) is -3.34. The fraction of sp³-hybridized carbons (Fsp3) is 0.462. The molecular formula is C13H19FN2O4S. The minimum Gasteiger partial charge on any atom is -0.478 e. The van der Waals surface area contributed by atoms with Crippen LogP contribution in [0.4, 0.5) is 4.39 Å². The van der Waals surface area contributed by atoms with Gasteiger partial charge in [0.05, 0.1) is 11.8 Å². The highest BCUT2D eigenvalue weighted by Crippen LogP contribution is 2.11. The van der Waals surface area contributed by atoms with Crippen LogP contribution in [0.2, 0.25) is 0 Å². The highest BCUT2D eigenvalue weighted by molar-refractivity contribution is 7.88. The number of carboxylic acids is 1. The molecule has 6 nitrogen and oxygen atoms in total. The van der Waals surface area contributed by atoms with Crippen LogP contribution in [0.1, 0.15) is 29.8 Å². The van der Waals surface area contributed by atoms with Gasteiger partial charge in [0, 0.05) is 24.2 Å². The molecule has 3 N–H and O–H groups in total. The van der Waals surface area contributed by atoms with Crippen molar-refractivity contribution in [3.05, 3.63) is 35.1 Å². The molecule has 0 bridgehead atoms. The Balaban J connectivity index is 2.68. The molecule has 0 spiro atoms. The Bertz CT molecular complexity index is 629. The second-order valence-electron chi connectivity index (χ2n) is 5.47. The number of rotatable bonds is 7. The van der Waals surface area contributed by atoms with Gasteiger partial charge in [-0.2, -0.15) is 0 Å². The smallest absolute Gasteiger partial charge is 0.335 e. The van der Waals surface area contributed by atoms with Crippen molar-refractivity contribution in [1.29, 1.82) is 0 Å². The SMILES string of the molecule is CC(C)(CNCc1cc(C(=O)O)ccc1F)NS(C)(=O)=O. The summed E-state index contributed by atoms with van der Waals surface area (Å²) in [4.78, 5) is 10.8. The van der Waals surface area contributed by atoms with E-state index >= 15 is 0 Å². The molecule has 0 aliphatic rings. The first kappa shape index (κ1) is 17.5. The predicted octanol–water partition coefficient (Wildman–Crippen LogP) is 0.941. The van der Waals surface area contributed by atoms with E-state index in [0.29, 0.717) is 0 Å². The predicted molar refractivity (Wildman–Crippen MR) is 77.1 cm³/mol. The third kappa shape index (κ3) is 6.19. The summed E-state index contributed by atoms with van der Waals surface area (Å²) in [5, 5.41) is 11.8. The maximum atomic E-state index is 13.6. The van der Waals surface area contributed by atoms with Crippen molar-refractivity contribution in [2.75, 3.05) is 12.8 Å². The maximum Gasteiger partial charge on any atom is 0.335 e. The van der Waals surface area contributed by atoms with Gasteiger partial charge >= 0.3 is 5.97 Å². The fourth-order valence-corrected chi connectivity index (χ4v) is 2.97. The quantitative estimate of drug-likeness (QED) is 0.695. The lowest BCUT2D eigenvalue weighted by atomic mass is 10.1. The van der Waals surface area contributed by atoms with Crippen LogP contribution < -0.4 is 10.0 Å². The van der Waals surface area contributed by atoms with Crippen LogP contribution in [0, 0.1) is 5.82 Å². The third-order valence-electron chi connectivity index (χ3n) is 2.64. The van der Waals surface area contributed by atoms with Gasteiger partial charge in [-0.05, 0) is 32.0 Å². The molecule has 0 amide bonds. The first-order valence-electron chi connectivity index (χ1n) is 6.21. The monoisotopic (exact) mass is 318 g/mol. The van der Waals surface area contributed by atoms with Crippen molar-refractivity contribution in [3.8, 4) is 0 Å². The molecule has 0 aliphatic carbocycles. The summed E-state index contributed by atoms with van der Waals surface area (Å²) >= 11 is 0. The maximum absolute atomic E-state index is 13.6. The zero-order valence-corrected chi connectivity index (χ0v) is 12.9. The Morgan fingerprint density at radius 2 is 2.00 bits per heavy atom. The van der Waals surface area contributed by atoms with E-state index in [1.807, 2.05) is 0 Å². The number of halogens is 1. The van der Waals surface area contributed by atoms with Gasteiger partial charge in [0.15, 0.2) is 0 Å². The number of nitrogens with one attached hydrogen (secondary N) is 2. The van der Waals surface area contributed by atoms with Gasteiger partial charge in [0.25, 0.3) is 0 Å². The molecule has 1 aromatic rings. The fourth-order valence-electron chi connectivity index (χ4n) is 1.89. The molecule has 21 heavy (non-hydrogen) atoms. The molecule has 0 aromatic heterocycles. The van der Waals surface area contributed by atoms with E-state index in [0.717, 1.165) is 12.3 Å². The van der Waals surface area contributed by atoms with Crippen LogP contribution in [0.5, 0.6) is 0 Å². The molecule has 0 unspecified atom stereocenters. The van der Waals surface area contributed by atoms with Gasteiger partial charge < -0.3 is 10.4 Å². The van der Waals surface area contributed by atoms with Gasteiger partial charge in [-0.25, -0.2) is 22.3 Å². The van der Waals surface area contributed by atoms with E-state index < -0.39 is 27.3 Å². The number of carbonyl (C=O) groups is 1. The number of hydrogen-bond donors (Lipinski definition) is 3. The van der Waals surface area contributed by atoms with Gasteiger partial charge in [-0.3, -0.25) is 0 Å². The topological polar surface area (TPSA) is 95.5 Å². The molecule has 0 heterocycles. The Kier molecular flexibility index (Phi) is 5.43. The summed E-state index contributed by atoms with van der Waals surface area (Å²) in [6.45, 7) is 3.73. The zero-order valence-electron chi connectivity index (χ0n) is 12.1. The number of sulfonamides is 1. The second kappa shape index (κ2) is 6.50. The standard InChI is InChI=1S/C13H19FN2O4S/c1-13(2,16-21(3,19)20)8-15-7-10-6-9(12(17)18)4-5-11(10)14/h4-6,15-16H,7-8H2,1-3H3,(H,17,18). The van der Waals surface area contributed by atoms with Crippen molar-refractivity contribution in [1.82, 2.24) is 10.0 Å². The first-order chi connectivity index (χ1) is 9.50. The van der Waals surface area contributed by atoms with Crippen molar-refractivity contribution < 1.29 is 22.7 Å². The van der Waals surface area contributed by atoms with Gasteiger partial charge in [-0.15, -0.1) is 0 Å². The second-order valence-corrected chi connectivity index (χ2v) is 7.22. The molecule has 8 heteroatoms. The molecule has 0 atom stereocenters. The molecular weight excluding hydrogens is 299 g/mol. The highest BCUT2D eigenvalue weighted by Gasteiger charge is 2.21. The van der Waals surface area contributed by atoms with Crippen LogP contribution in [0.15, 0.2) is 18.2 Å². The van der Waals surface area contributed by atoms with E-state index in [-0.39, 0.29) is 24.2 Å². The van der Waals surface area contributed by atoms with Gasteiger partial charge in [0.1, 0.15) is 5.82 Å². The average Bonchev–Trinajstić information content (AvgIpc) is 2.27. The third-order valence-corrected chi connectivity index (χ3v) is 3.56. The number of carboxylic acid groups (broad SMARTS) is 1. The summed E-state index contributed by atoms with van der Waals surface area (Å²) in [6.07, 6.45) is 1.06. The zero-order chi connectivity index (χ0) is 16.3. The molecule has 0 saturated carbocycles. The Hall–Kier alpha value is -1.51. The molecule has 118 valence electrons. The molecule has 0 aliphatic heterocycles. The van der Waals surface area contributed by atoms with Crippen molar-refractivity contribution >= 4 is 16.0 Å². The Morgan fingerprint density at radius 1 is 1.38 bits per heavy atom. The number of hydrogen-bond acceptors (Lipinski definition) is 4. The van der Waals surface area contributed by atoms with Crippen LogP contribution in [0.3, 0.4) is 0 Å². The van der Waals surface area contributed by atoms with E-state index in [1.165, 1.54) is 12.1 Å². The molecule has 1 rings (SSSR count). The molecule has 0 radical (unpaired) electrons. The largest absolute Gasteiger partial charge is 0.478 e. The summed E-state index contributed by atoms with van der Waals surface area (Å²) in [6, 6.07) is 3.54. The summed E-state index contributed by atoms with van der Waals surface area (Å²) in [5.74, 6) is -1.64. The van der Waals surface area contributed by atoms with Crippen LogP contribution >= 0.6 is 0 Å².